The van der Waals surface area contributed by atoms with Gasteiger partial charge in [0.15, 0.2) is 0 Å². The predicted molar refractivity (Wildman–Crippen MR) is 87.9 cm³/mol. The summed E-state index contributed by atoms with van der Waals surface area (Å²) in [5.41, 5.74) is 1.54. The number of carbonyl (C=O) groups excluding carboxylic acids is 1. The second-order valence-corrected chi connectivity index (χ2v) is 7.50. The van der Waals surface area contributed by atoms with Crippen LogP contribution in [0, 0.1) is 0 Å². The molecule has 1 aromatic rings. The molecule has 0 spiro atoms. The van der Waals surface area contributed by atoms with Gasteiger partial charge >= 0.3 is 0 Å². The summed E-state index contributed by atoms with van der Waals surface area (Å²) in [6.07, 6.45) is 2.68. The molecule has 0 radical (unpaired) electrons. The Morgan fingerprint density at radius 3 is 2.27 bits per heavy atom. The Balaban J connectivity index is 2.87. The first-order chi connectivity index (χ1) is 10.2. The van der Waals surface area contributed by atoms with Crippen LogP contribution in [0.3, 0.4) is 0 Å². The van der Waals surface area contributed by atoms with E-state index in [4.69, 9.17) is 0 Å². The highest BCUT2D eigenvalue weighted by Gasteiger charge is 2.17. The van der Waals surface area contributed by atoms with Crippen LogP contribution in [0.2, 0.25) is 0 Å². The van der Waals surface area contributed by atoms with Gasteiger partial charge in [-0.3, -0.25) is 4.79 Å². The molecule has 1 unspecified atom stereocenters. The van der Waals surface area contributed by atoms with Gasteiger partial charge in [-0.2, -0.15) is 0 Å². The number of carbonyl (C=O) groups is 1. The summed E-state index contributed by atoms with van der Waals surface area (Å²) in [4.78, 5) is 12.2. The molecule has 1 amide bonds. The Bertz CT molecular complexity index is 646. The minimum absolute atomic E-state index is 0.112. The maximum atomic E-state index is 12.0. The quantitative estimate of drug-likeness (QED) is 0.818. The molecule has 6 heteroatoms. The van der Waals surface area contributed by atoms with Gasteiger partial charge < -0.3 is 5.32 Å². The number of allylic oxidation sites excluding steroid dienone is 1. The molecule has 5 nitrogen and oxygen atoms in total. The van der Waals surface area contributed by atoms with Crippen LogP contribution in [0.15, 0.2) is 40.8 Å². The molecule has 1 aromatic carbocycles. The first-order valence-electron chi connectivity index (χ1n) is 7.20. The highest BCUT2D eigenvalue weighted by atomic mass is 32.2. The lowest BCUT2D eigenvalue weighted by Gasteiger charge is -2.16. The van der Waals surface area contributed by atoms with Crippen molar-refractivity contribution in [2.45, 2.75) is 38.1 Å². The lowest BCUT2D eigenvalue weighted by Crippen LogP contribution is -2.27. The number of hydrogen-bond acceptors (Lipinski definition) is 3. The maximum absolute atomic E-state index is 12.0. The van der Waals surface area contributed by atoms with Crippen molar-refractivity contribution in [3.05, 3.63) is 41.5 Å². The monoisotopic (exact) mass is 324 g/mol. The predicted octanol–water partition coefficient (Wildman–Crippen LogP) is 2.47. The summed E-state index contributed by atoms with van der Waals surface area (Å²) < 4.78 is 25.2. The van der Waals surface area contributed by atoms with E-state index in [2.05, 4.69) is 5.32 Å². The Hall–Kier alpha value is -1.66. The third-order valence-electron chi connectivity index (χ3n) is 3.37. The molecule has 0 saturated carbocycles. The van der Waals surface area contributed by atoms with Crippen molar-refractivity contribution < 1.29 is 13.2 Å². The first kappa shape index (κ1) is 18.4. The molecular weight excluding hydrogens is 300 g/mol. The molecule has 0 aliphatic heterocycles. The summed E-state index contributed by atoms with van der Waals surface area (Å²) in [5.74, 6) is -0.112. The summed E-state index contributed by atoms with van der Waals surface area (Å²) in [5, 5.41) is 2.89. The van der Waals surface area contributed by atoms with Crippen LogP contribution in [-0.2, 0) is 14.8 Å². The van der Waals surface area contributed by atoms with E-state index in [1.807, 2.05) is 19.9 Å². The van der Waals surface area contributed by atoms with Gasteiger partial charge in [-0.25, -0.2) is 12.7 Å². The molecule has 22 heavy (non-hydrogen) atoms. The molecule has 0 aromatic heterocycles. The molecule has 1 rings (SSSR count). The maximum Gasteiger partial charge on any atom is 0.247 e. The zero-order chi connectivity index (χ0) is 16.9. The normalized spacial score (nSPS) is 14.0. The van der Waals surface area contributed by atoms with E-state index in [0.29, 0.717) is 5.57 Å². The lowest BCUT2D eigenvalue weighted by molar-refractivity contribution is -0.118. The average Bonchev–Trinajstić information content (AvgIpc) is 2.47. The second-order valence-electron chi connectivity index (χ2n) is 5.35. The molecule has 0 aliphatic rings. The van der Waals surface area contributed by atoms with E-state index in [0.717, 1.165) is 12.0 Å². The Kier molecular flexibility index (Phi) is 6.32. The number of rotatable bonds is 6. The van der Waals surface area contributed by atoms with Crippen LogP contribution in [0.25, 0.3) is 0 Å². The van der Waals surface area contributed by atoms with Crippen molar-refractivity contribution in [1.82, 2.24) is 9.62 Å². The van der Waals surface area contributed by atoms with Gasteiger partial charge in [0.1, 0.15) is 0 Å². The summed E-state index contributed by atoms with van der Waals surface area (Å²) in [7, 11) is -0.436. The third kappa shape index (κ3) is 4.42. The average molecular weight is 324 g/mol. The fourth-order valence-electron chi connectivity index (χ4n) is 1.93. The van der Waals surface area contributed by atoms with Crippen molar-refractivity contribution in [2.24, 2.45) is 0 Å². The number of nitrogens with one attached hydrogen (secondary N) is 1. The van der Waals surface area contributed by atoms with Crippen molar-refractivity contribution in [2.75, 3.05) is 14.1 Å². The Morgan fingerprint density at radius 1 is 1.27 bits per heavy atom. The summed E-state index contributed by atoms with van der Waals surface area (Å²) >= 11 is 0. The molecule has 0 bridgehead atoms. The van der Waals surface area contributed by atoms with Crippen LogP contribution < -0.4 is 5.32 Å². The molecular formula is C16H24N2O3S. The summed E-state index contributed by atoms with van der Waals surface area (Å²) in [6, 6.07) is 6.37. The van der Waals surface area contributed by atoms with Crippen LogP contribution in [0.1, 0.15) is 38.8 Å². The highest BCUT2D eigenvalue weighted by molar-refractivity contribution is 7.89. The van der Waals surface area contributed by atoms with Gasteiger partial charge in [0.2, 0.25) is 15.9 Å². The third-order valence-corrected chi connectivity index (χ3v) is 5.20. The molecule has 0 heterocycles. The van der Waals surface area contributed by atoms with Gasteiger partial charge in [0.05, 0.1) is 10.9 Å². The largest absolute Gasteiger partial charge is 0.346 e. The Morgan fingerprint density at radius 2 is 1.82 bits per heavy atom. The molecule has 0 aliphatic carbocycles. The zero-order valence-electron chi connectivity index (χ0n) is 13.8. The standard InChI is InChI=1S/C16H24N2O3S/c1-6-7-12(2)16(19)17-13(3)14-8-10-15(11-9-14)22(20,21)18(4)5/h7-11,13H,6H2,1-5H3,(H,17,19)/b12-7+. The summed E-state index contributed by atoms with van der Waals surface area (Å²) in [6.45, 7) is 5.62. The molecule has 1 atom stereocenters. The number of nitrogens with zero attached hydrogens (tertiary/aromatic N) is 1. The number of hydrogen-bond donors (Lipinski definition) is 1. The van der Waals surface area contributed by atoms with Crippen molar-refractivity contribution >= 4 is 15.9 Å². The van der Waals surface area contributed by atoms with Gasteiger partial charge in [-0.05, 0) is 38.0 Å². The fraction of sp³-hybridized carbons (Fsp3) is 0.438. The van der Waals surface area contributed by atoms with Gasteiger partial charge in [-0.1, -0.05) is 25.1 Å². The Labute approximate surface area is 133 Å². The minimum Gasteiger partial charge on any atom is -0.346 e. The van der Waals surface area contributed by atoms with E-state index >= 15 is 0 Å². The highest BCUT2D eigenvalue weighted by Crippen LogP contribution is 2.18. The first-order valence-corrected chi connectivity index (χ1v) is 8.64. The van der Waals surface area contributed by atoms with E-state index in [1.54, 1.807) is 31.2 Å². The van der Waals surface area contributed by atoms with Crippen LogP contribution >= 0.6 is 0 Å². The molecule has 0 fully saturated rings. The van der Waals surface area contributed by atoms with Crippen molar-refractivity contribution in [1.29, 1.82) is 0 Å². The van der Waals surface area contributed by atoms with E-state index in [-0.39, 0.29) is 16.8 Å². The van der Waals surface area contributed by atoms with Gasteiger partial charge in [0, 0.05) is 19.7 Å². The lowest BCUT2D eigenvalue weighted by atomic mass is 10.1. The molecule has 122 valence electrons. The van der Waals surface area contributed by atoms with Crippen LogP contribution in [-0.4, -0.2) is 32.7 Å². The van der Waals surface area contributed by atoms with E-state index < -0.39 is 10.0 Å². The SMILES string of the molecule is CC/C=C(\C)C(=O)NC(C)c1ccc(S(=O)(=O)N(C)C)cc1. The topological polar surface area (TPSA) is 66.5 Å². The number of sulfonamides is 1. The number of benzene rings is 1. The second kappa shape index (κ2) is 7.56. The van der Waals surface area contributed by atoms with Crippen molar-refractivity contribution in [3.63, 3.8) is 0 Å². The van der Waals surface area contributed by atoms with Crippen molar-refractivity contribution in [3.8, 4) is 0 Å². The van der Waals surface area contributed by atoms with E-state index in [9.17, 15) is 13.2 Å². The molecule has 0 saturated heterocycles. The van der Waals surface area contributed by atoms with Gasteiger partial charge in [0.25, 0.3) is 0 Å². The zero-order valence-corrected chi connectivity index (χ0v) is 14.6. The fourth-order valence-corrected chi connectivity index (χ4v) is 2.83. The minimum atomic E-state index is -3.43. The van der Waals surface area contributed by atoms with Crippen LogP contribution in [0.4, 0.5) is 0 Å². The van der Waals surface area contributed by atoms with Gasteiger partial charge in [-0.15, -0.1) is 0 Å². The smallest absolute Gasteiger partial charge is 0.247 e. The van der Waals surface area contributed by atoms with Crippen LogP contribution in [0.5, 0.6) is 0 Å². The molecule has 1 N–H and O–H groups in total. The number of amides is 1. The van der Waals surface area contributed by atoms with E-state index in [1.165, 1.54) is 18.4 Å².